The Bertz CT molecular complexity index is 395. The second-order valence-electron chi connectivity index (χ2n) is 4.06. The van der Waals surface area contributed by atoms with Crippen molar-refractivity contribution in [2.45, 2.75) is 33.1 Å². The number of aryl methyl sites for hydroxylation is 2. The summed E-state index contributed by atoms with van der Waals surface area (Å²) in [5, 5.41) is 0. The van der Waals surface area contributed by atoms with Crippen LogP contribution in [0.4, 0.5) is 0 Å². The number of para-hydroxylation sites is 1. The SMILES string of the molecule is CCCCc1cccc(C)c1OP(C)(=O)O. The Morgan fingerprint density at radius 2 is 2.12 bits per heavy atom. The highest BCUT2D eigenvalue weighted by atomic mass is 31.2. The lowest BCUT2D eigenvalue weighted by Crippen LogP contribution is -1.97. The van der Waals surface area contributed by atoms with E-state index in [1.165, 1.54) is 6.66 Å². The minimum atomic E-state index is -3.47. The Morgan fingerprint density at radius 1 is 1.44 bits per heavy atom. The number of hydrogen-bond donors (Lipinski definition) is 1. The number of benzene rings is 1. The van der Waals surface area contributed by atoms with Crippen molar-refractivity contribution in [3.8, 4) is 5.75 Å². The number of unbranched alkanes of at least 4 members (excludes halogenated alkanes) is 1. The smallest absolute Gasteiger partial charge is 0.373 e. The average Bonchev–Trinajstić information content (AvgIpc) is 2.17. The van der Waals surface area contributed by atoms with Crippen LogP contribution in [0.3, 0.4) is 0 Å². The maximum absolute atomic E-state index is 11.3. The molecule has 1 unspecified atom stereocenters. The third-order valence-corrected chi connectivity index (χ3v) is 2.88. The van der Waals surface area contributed by atoms with Gasteiger partial charge in [0.2, 0.25) is 0 Å². The molecule has 90 valence electrons. The van der Waals surface area contributed by atoms with Crippen molar-refractivity contribution in [2.75, 3.05) is 6.66 Å². The maximum atomic E-state index is 11.3. The van der Waals surface area contributed by atoms with Crippen LogP contribution in [0.5, 0.6) is 5.75 Å². The highest BCUT2D eigenvalue weighted by Crippen LogP contribution is 2.41. The third kappa shape index (κ3) is 3.99. The van der Waals surface area contributed by atoms with Crippen LogP contribution in [0.1, 0.15) is 30.9 Å². The van der Waals surface area contributed by atoms with Gasteiger partial charge in [0.15, 0.2) is 0 Å². The van der Waals surface area contributed by atoms with Crippen LogP contribution in [-0.4, -0.2) is 11.6 Å². The Kier molecular flexibility index (Phi) is 4.57. The lowest BCUT2D eigenvalue weighted by atomic mass is 10.0. The van der Waals surface area contributed by atoms with Gasteiger partial charge < -0.3 is 9.42 Å². The molecule has 0 aliphatic rings. The fourth-order valence-corrected chi connectivity index (χ4v) is 2.18. The molecule has 1 rings (SSSR count). The lowest BCUT2D eigenvalue weighted by molar-refractivity contribution is 0.384. The van der Waals surface area contributed by atoms with Gasteiger partial charge in [0.25, 0.3) is 0 Å². The van der Waals surface area contributed by atoms with Crippen molar-refractivity contribution >= 4 is 7.60 Å². The molecule has 0 bridgehead atoms. The van der Waals surface area contributed by atoms with Crippen LogP contribution >= 0.6 is 7.60 Å². The summed E-state index contributed by atoms with van der Waals surface area (Å²) in [6.07, 6.45) is 3.03. The first-order valence-electron chi connectivity index (χ1n) is 5.52. The van der Waals surface area contributed by atoms with Crippen molar-refractivity contribution in [1.29, 1.82) is 0 Å². The van der Waals surface area contributed by atoms with Crippen LogP contribution < -0.4 is 4.52 Å². The molecule has 0 spiro atoms. The van der Waals surface area contributed by atoms with E-state index in [9.17, 15) is 9.46 Å². The van der Waals surface area contributed by atoms with Gasteiger partial charge in [0.1, 0.15) is 5.75 Å². The molecule has 3 nitrogen and oxygen atoms in total. The second kappa shape index (κ2) is 5.51. The largest absolute Gasteiger partial charge is 0.424 e. The number of rotatable bonds is 5. The van der Waals surface area contributed by atoms with E-state index in [0.29, 0.717) is 5.75 Å². The first kappa shape index (κ1) is 13.3. The van der Waals surface area contributed by atoms with E-state index in [0.717, 1.165) is 30.4 Å². The molecule has 0 fully saturated rings. The molecular weight excluding hydrogens is 223 g/mol. The summed E-state index contributed by atoms with van der Waals surface area (Å²) in [6.45, 7) is 5.22. The highest BCUT2D eigenvalue weighted by Gasteiger charge is 2.16. The first-order chi connectivity index (χ1) is 7.44. The Labute approximate surface area is 97.0 Å². The second-order valence-corrected chi connectivity index (χ2v) is 5.85. The Balaban J connectivity index is 2.99. The Morgan fingerprint density at radius 3 is 2.69 bits per heavy atom. The molecule has 0 radical (unpaired) electrons. The highest BCUT2D eigenvalue weighted by molar-refractivity contribution is 7.52. The molecule has 0 heterocycles. The lowest BCUT2D eigenvalue weighted by Gasteiger charge is -2.15. The van der Waals surface area contributed by atoms with E-state index in [4.69, 9.17) is 4.52 Å². The molecule has 0 saturated carbocycles. The van der Waals surface area contributed by atoms with E-state index in [-0.39, 0.29) is 0 Å². The molecular formula is C12H19O3P. The zero-order chi connectivity index (χ0) is 12.2. The van der Waals surface area contributed by atoms with E-state index >= 15 is 0 Å². The van der Waals surface area contributed by atoms with Crippen LogP contribution in [0.25, 0.3) is 0 Å². The normalized spacial score (nSPS) is 14.5. The topological polar surface area (TPSA) is 46.5 Å². The average molecular weight is 242 g/mol. The van der Waals surface area contributed by atoms with Gasteiger partial charge in [0, 0.05) is 6.66 Å². The fourth-order valence-electron chi connectivity index (χ4n) is 1.58. The van der Waals surface area contributed by atoms with Crippen LogP contribution in [0.15, 0.2) is 18.2 Å². The molecule has 0 aromatic heterocycles. The summed E-state index contributed by atoms with van der Waals surface area (Å²) in [5.74, 6) is 0.573. The van der Waals surface area contributed by atoms with Gasteiger partial charge in [0.05, 0.1) is 0 Å². The van der Waals surface area contributed by atoms with Crippen molar-refractivity contribution in [3.63, 3.8) is 0 Å². The summed E-state index contributed by atoms with van der Waals surface area (Å²) in [6, 6.07) is 5.79. The van der Waals surface area contributed by atoms with E-state index < -0.39 is 7.60 Å². The molecule has 0 saturated heterocycles. The zero-order valence-corrected chi connectivity index (χ0v) is 11.0. The van der Waals surface area contributed by atoms with E-state index in [1.807, 2.05) is 25.1 Å². The summed E-state index contributed by atoms with van der Waals surface area (Å²) >= 11 is 0. The van der Waals surface area contributed by atoms with Crippen LogP contribution in [0.2, 0.25) is 0 Å². The van der Waals surface area contributed by atoms with Crippen molar-refractivity contribution < 1.29 is 14.0 Å². The summed E-state index contributed by atoms with van der Waals surface area (Å²) in [4.78, 5) is 9.28. The molecule has 16 heavy (non-hydrogen) atoms. The maximum Gasteiger partial charge on any atom is 0.373 e. The Hall–Kier alpha value is -0.790. The molecule has 1 aromatic rings. The van der Waals surface area contributed by atoms with Gasteiger partial charge in [-0.05, 0) is 30.9 Å². The molecule has 0 aliphatic carbocycles. The van der Waals surface area contributed by atoms with E-state index in [2.05, 4.69) is 6.92 Å². The number of hydrogen-bond acceptors (Lipinski definition) is 2. The zero-order valence-electron chi connectivity index (χ0n) is 10.1. The van der Waals surface area contributed by atoms with Gasteiger partial charge in [-0.3, -0.25) is 0 Å². The van der Waals surface area contributed by atoms with Gasteiger partial charge in [-0.15, -0.1) is 0 Å². The van der Waals surface area contributed by atoms with E-state index in [1.54, 1.807) is 0 Å². The quantitative estimate of drug-likeness (QED) is 0.803. The van der Waals surface area contributed by atoms with Gasteiger partial charge in [-0.25, -0.2) is 4.57 Å². The molecule has 1 N–H and O–H groups in total. The van der Waals surface area contributed by atoms with Crippen molar-refractivity contribution in [1.82, 2.24) is 0 Å². The third-order valence-electron chi connectivity index (χ3n) is 2.35. The van der Waals surface area contributed by atoms with Gasteiger partial charge in [-0.2, -0.15) is 0 Å². The van der Waals surface area contributed by atoms with Crippen LogP contribution in [-0.2, 0) is 11.0 Å². The molecule has 4 heteroatoms. The summed E-state index contributed by atoms with van der Waals surface area (Å²) in [7, 11) is -3.47. The van der Waals surface area contributed by atoms with Crippen LogP contribution in [0, 0.1) is 6.92 Å². The predicted octanol–water partition coefficient (Wildman–Crippen LogP) is 3.53. The molecule has 1 aromatic carbocycles. The molecule has 1 atom stereocenters. The van der Waals surface area contributed by atoms with Gasteiger partial charge in [-0.1, -0.05) is 31.5 Å². The van der Waals surface area contributed by atoms with Gasteiger partial charge >= 0.3 is 7.60 Å². The minimum absolute atomic E-state index is 0.573. The van der Waals surface area contributed by atoms with Crippen molar-refractivity contribution in [2.24, 2.45) is 0 Å². The standard InChI is InChI=1S/C12H19O3P/c1-4-5-8-11-9-6-7-10(2)12(11)15-16(3,13)14/h6-7,9H,4-5,8H2,1-3H3,(H,13,14). The predicted molar refractivity (Wildman–Crippen MR) is 66.2 cm³/mol. The monoisotopic (exact) mass is 242 g/mol. The molecule has 0 amide bonds. The molecule has 0 aliphatic heterocycles. The summed E-state index contributed by atoms with van der Waals surface area (Å²) < 4.78 is 16.5. The summed E-state index contributed by atoms with van der Waals surface area (Å²) in [5.41, 5.74) is 1.92. The van der Waals surface area contributed by atoms with Crippen molar-refractivity contribution in [3.05, 3.63) is 29.3 Å². The first-order valence-corrected chi connectivity index (χ1v) is 7.55. The fraction of sp³-hybridized carbons (Fsp3) is 0.500. The minimum Gasteiger partial charge on any atom is -0.424 e.